The third kappa shape index (κ3) is 5.74. The van der Waals surface area contributed by atoms with Gasteiger partial charge in [-0.15, -0.1) is 0 Å². The van der Waals surface area contributed by atoms with Crippen LogP contribution in [0.25, 0.3) is 6.08 Å². The van der Waals surface area contributed by atoms with Gasteiger partial charge < -0.3 is 14.5 Å². The average Bonchev–Trinajstić information content (AvgIpc) is 3.03. The first-order chi connectivity index (χ1) is 12.0. The fourth-order valence-electron chi connectivity index (χ4n) is 2.33. The largest absolute Gasteiger partial charge is 0.452 e. The molecule has 0 bridgehead atoms. The molecule has 25 heavy (non-hydrogen) atoms. The van der Waals surface area contributed by atoms with Crippen LogP contribution in [0.2, 0.25) is 0 Å². The van der Waals surface area contributed by atoms with E-state index in [1.54, 1.807) is 12.1 Å². The van der Waals surface area contributed by atoms with Gasteiger partial charge in [0, 0.05) is 11.8 Å². The summed E-state index contributed by atoms with van der Waals surface area (Å²) in [7, 11) is 0. The van der Waals surface area contributed by atoms with Crippen molar-refractivity contribution in [2.75, 3.05) is 11.9 Å². The van der Waals surface area contributed by atoms with E-state index in [4.69, 9.17) is 9.15 Å². The number of hydrogen-bond donors (Lipinski definition) is 1. The van der Waals surface area contributed by atoms with Gasteiger partial charge in [0.2, 0.25) is 0 Å². The Morgan fingerprint density at radius 3 is 2.40 bits per heavy atom. The Bertz CT molecular complexity index is 757. The van der Waals surface area contributed by atoms with Crippen LogP contribution in [0, 0.1) is 3.77 Å². The first kappa shape index (κ1) is 19.2. The van der Waals surface area contributed by atoms with E-state index in [1.165, 1.54) is 12.2 Å². The molecule has 2 rings (SSSR count). The van der Waals surface area contributed by atoms with Gasteiger partial charge in [0.05, 0.1) is 0 Å². The Labute approximate surface area is 160 Å². The topological polar surface area (TPSA) is 68.5 Å². The lowest BCUT2D eigenvalue weighted by Crippen LogP contribution is -2.21. The fraction of sp³-hybridized carbons (Fsp3) is 0.263. The van der Waals surface area contributed by atoms with Crippen molar-refractivity contribution < 1.29 is 18.7 Å². The predicted octanol–water partition coefficient (Wildman–Crippen LogP) is 4.20. The average molecular weight is 453 g/mol. The number of para-hydroxylation sites is 1. The standard InChI is InChI=1S/C19H20INO4/c1-3-13-6-5-7-14(4-2)19(13)21-17(22)12-24-18(23)11-9-15-8-10-16(20)25-15/h5-11H,3-4,12H2,1-2H3,(H,21,22). The summed E-state index contributed by atoms with van der Waals surface area (Å²) in [6, 6.07) is 9.47. The van der Waals surface area contributed by atoms with Crippen molar-refractivity contribution in [2.45, 2.75) is 26.7 Å². The lowest BCUT2D eigenvalue weighted by atomic mass is 10.0. The number of benzene rings is 1. The SMILES string of the molecule is CCc1cccc(CC)c1NC(=O)COC(=O)C=Cc1ccc(I)o1. The van der Waals surface area contributed by atoms with Crippen LogP contribution >= 0.6 is 22.6 Å². The molecule has 1 amide bonds. The van der Waals surface area contributed by atoms with Crippen LogP contribution in [0.4, 0.5) is 5.69 Å². The molecule has 0 saturated carbocycles. The maximum atomic E-state index is 12.1. The van der Waals surface area contributed by atoms with Crippen molar-refractivity contribution in [3.63, 3.8) is 0 Å². The van der Waals surface area contributed by atoms with Gasteiger partial charge in [-0.2, -0.15) is 0 Å². The Balaban J connectivity index is 1.90. The highest BCUT2D eigenvalue weighted by molar-refractivity contribution is 14.1. The second-order valence-corrected chi connectivity index (χ2v) is 6.35. The number of carbonyl (C=O) groups is 2. The fourth-order valence-corrected chi connectivity index (χ4v) is 2.77. The molecule has 0 aliphatic carbocycles. The number of anilines is 1. The summed E-state index contributed by atoms with van der Waals surface area (Å²) in [4.78, 5) is 23.8. The number of aryl methyl sites for hydroxylation is 2. The molecule has 1 aromatic carbocycles. The number of ether oxygens (including phenoxy) is 1. The normalized spacial score (nSPS) is 10.8. The highest BCUT2D eigenvalue weighted by Crippen LogP contribution is 2.22. The van der Waals surface area contributed by atoms with Gasteiger partial charge in [0.25, 0.3) is 5.91 Å². The molecule has 2 aromatic rings. The molecule has 0 fully saturated rings. The third-order valence-electron chi connectivity index (χ3n) is 3.59. The van der Waals surface area contributed by atoms with Crippen LogP contribution in [0.1, 0.15) is 30.7 Å². The first-order valence-corrected chi connectivity index (χ1v) is 9.12. The van der Waals surface area contributed by atoms with Crippen molar-refractivity contribution in [1.29, 1.82) is 0 Å². The molecule has 0 unspecified atom stereocenters. The summed E-state index contributed by atoms with van der Waals surface area (Å²) in [6.45, 7) is 3.73. The van der Waals surface area contributed by atoms with Crippen molar-refractivity contribution in [3.05, 3.63) is 57.1 Å². The van der Waals surface area contributed by atoms with E-state index in [0.717, 1.165) is 33.4 Å². The lowest BCUT2D eigenvalue weighted by molar-refractivity contribution is -0.142. The van der Waals surface area contributed by atoms with Gasteiger partial charge in [-0.25, -0.2) is 4.79 Å². The molecule has 132 valence electrons. The summed E-state index contributed by atoms with van der Waals surface area (Å²) in [6.07, 6.45) is 4.37. The van der Waals surface area contributed by atoms with Crippen LogP contribution in [0.5, 0.6) is 0 Å². The van der Waals surface area contributed by atoms with Crippen molar-refractivity contribution in [1.82, 2.24) is 0 Å². The molecule has 0 spiro atoms. The Hall–Kier alpha value is -2.09. The molecule has 1 heterocycles. The summed E-state index contributed by atoms with van der Waals surface area (Å²) in [5.41, 5.74) is 2.94. The van der Waals surface area contributed by atoms with E-state index < -0.39 is 5.97 Å². The predicted molar refractivity (Wildman–Crippen MR) is 105 cm³/mol. The third-order valence-corrected chi connectivity index (χ3v) is 4.17. The van der Waals surface area contributed by atoms with Gasteiger partial charge in [-0.05, 0) is 64.8 Å². The number of furan rings is 1. The lowest BCUT2D eigenvalue weighted by Gasteiger charge is -2.14. The van der Waals surface area contributed by atoms with Crippen LogP contribution in [0.15, 0.2) is 40.8 Å². The summed E-state index contributed by atoms with van der Waals surface area (Å²) < 4.78 is 11.0. The second-order valence-electron chi connectivity index (χ2n) is 5.29. The number of hydrogen-bond acceptors (Lipinski definition) is 4. The molecule has 0 atom stereocenters. The number of esters is 1. The van der Waals surface area contributed by atoms with Crippen molar-refractivity contribution in [3.8, 4) is 0 Å². The zero-order valence-corrected chi connectivity index (χ0v) is 16.3. The van der Waals surface area contributed by atoms with Crippen LogP contribution in [-0.2, 0) is 27.2 Å². The summed E-state index contributed by atoms with van der Waals surface area (Å²) in [5, 5.41) is 2.85. The van der Waals surface area contributed by atoms with Crippen molar-refractivity contribution in [2.24, 2.45) is 0 Å². The number of halogens is 1. The molecule has 0 aliphatic rings. The molecule has 6 heteroatoms. The monoisotopic (exact) mass is 453 g/mol. The van der Waals surface area contributed by atoms with E-state index in [9.17, 15) is 9.59 Å². The van der Waals surface area contributed by atoms with E-state index in [0.29, 0.717) is 5.76 Å². The molecule has 1 N–H and O–H groups in total. The summed E-state index contributed by atoms with van der Waals surface area (Å²) >= 11 is 2.04. The molecule has 1 aromatic heterocycles. The Kier molecular flexibility index (Phi) is 7.24. The zero-order valence-electron chi connectivity index (χ0n) is 14.2. The van der Waals surface area contributed by atoms with Gasteiger partial charge in [-0.1, -0.05) is 32.0 Å². The van der Waals surface area contributed by atoms with Gasteiger partial charge in [0.15, 0.2) is 10.4 Å². The minimum atomic E-state index is -0.596. The molecule has 0 aliphatic heterocycles. The minimum Gasteiger partial charge on any atom is -0.452 e. The smallest absolute Gasteiger partial charge is 0.331 e. The van der Waals surface area contributed by atoms with E-state index in [-0.39, 0.29) is 12.5 Å². The van der Waals surface area contributed by atoms with Gasteiger partial charge >= 0.3 is 5.97 Å². The van der Waals surface area contributed by atoms with E-state index in [2.05, 4.69) is 5.32 Å². The number of rotatable bonds is 7. The number of carbonyl (C=O) groups excluding carboxylic acids is 2. The van der Waals surface area contributed by atoms with Crippen molar-refractivity contribution >= 4 is 46.2 Å². The van der Waals surface area contributed by atoms with Crippen LogP contribution in [0.3, 0.4) is 0 Å². The maximum absolute atomic E-state index is 12.1. The molecular formula is C19H20INO4. The van der Waals surface area contributed by atoms with Crippen LogP contribution in [-0.4, -0.2) is 18.5 Å². The first-order valence-electron chi connectivity index (χ1n) is 8.04. The van der Waals surface area contributed by atoms with E-state index in [1.807, 2.05) is 54.6 Å². The van der Waals surface area contributed by atoms with Gasteiger partial charge in [0.1, 0.15) is 5.76 Å². The van der Waals surface area contributed by atoms with Gasteiger partial charge in [-0.3, -0.25) is 4.79 Å². The quantitative estimate of drug-likeness (QED) is 0.388. The number of amides is 1. The van der Waals surface area contributed by atoms with E-state index >= 15 is 0 Å². The summed E-state index contributed by atoms with van der Waals surface area (Å²) in [5.74, 6) is -0.402. The maximum Gasteiger partial charge on any atom is 0.331 e. The molecule has 0 radical (unpaired) electrons. The highest BCUT2D eigenvalue weighted by Gasteiger charge is 2.11. The number of nitrogens with one attached hydrogen (secondary N) is 1. The zero-order chi connectivity index (χ0) is 18.2. The minimum absolute atomic E-state index is 0.333. The van der Waals surface area contributed by atoms with Crippen LogP contribution < -0.4 is 5.32 Å². The molecular weight excluding hydrogens is 433 g/mol. The Morgan fingerprint density at radius 1 is 1.16 bits per heavy atom. The second kappa shape index (κ2) is 9.41. The molecule has 0 saturated heterocycles. The molecule has 5 nitrogen and oxygen atoms in total. The highest BCUT2D eigenvalue weighted by atomic mass is 127. The Morgan fingerprint density at radius 2 is 1.84 bits per heavy atom.